The van der Waals surface area contributed by atoms with Gasteiger partial charge >= 0.3 is 0 Å². The zero-order valence-electron chi connectivity index (χ0n) is 9.22. The highest BCUT2D eigenvalue weighted by Gasteiger charge is 2.07. The van der Waals surface area contributed by atoms with Crippen LogP contribution in [0.4, 0.5) is 0 Å². The van der Waals surface area contributed by atoms with Gasteiger partial charge in [0.1, 0.15) is 29.4 Å². The summed E-state index contributed by atoms with van der Waals surface area (Å²) in [5, 5.41) is 9.46. The lowest BCUT2D eigenvalue weighted by atomic mass is 10.2. The van der Waals surface area contributed by atoms with Crippen LogP contribution in [-0.2, 0) is 13.7 Å². The van der Waals surface area contributed by atoms with Crippen LogP contribution >= 0.6 is 11.6 Å². The molecule has 0 saturated heterocycles. The number of nitriles is 1. The molecule has 0 atom stereocenters. The van der Waals surface area contributed by atoms with E-state index in [1.54, 1.807) is 29.0 Å². The second-order valence-electron chi connectivity index (χ2n) is 3.45. The molecule has 0 bridgehead atoms. The van der Waals surface area contributed by atoms with Crippen LogP contribution in [0.2, 0.25) is 5.15 Å². The van der Waals surface area contributed by atoms with E-state index < -0.39 is 0 Å². The Morgan fingerprint density at radius 2 is 2.24 bits per heavy atom. The second-order valence-corrected chi connectivity index (χ2v) is 3.84. The Hall–Kier alpha value is -1.99. The molecule has 0 radical (unpaired) electrons. The summed E-state index contributed by atoms with van der Waals surface area (Å²) in [6.45, 7) is 0.280. The highest BCUT2D eigenvalue weighted by Crippen LogP contribution is 2.18. The zero-order chi connectivity index (χ0) is 12.3. The normalized spacial score (nSPS) is 9.94. The van der Waals surface area contributed by atoms with Crippen molar-refractivity contribution in [1.82, 2.24) is 9.55 Å². The van der Waals surface area contributed by atoms with E-state index in [0.717, 1.165) is 0 Å². The monoisotopic (exact) mass is 247 g/mol. The van der Waals surface area contributed by atoms with Crippen molar-refractivity contribution >= 4 is 11.6 Å². The lowest BCUT2D eigenvalue weighted by Gasteiger charge is -2.07. The van der Waals surface area contributed by atoms with Crippen molar-refractivity contribution in [1.29, 1.82) is 5.26 Å². The van der Waals surface area contributed by atoms with Crippen molar-refractivity contribution in [2.45, 2.75) is 6.61 Å². The molecular formula is C12H10ClN3O. The summed E-state index contributed by atoms with van der Waals surface area (Å²) in [7, 11) is 1.81. The maximum Gasteiger partial charge on any atom is 0.147 e. The smallest absolute Gasteiger partial charge is 0.147 e. The third kappa shape index (κ3) is 2.40. The number of para-hydroxylation sites is 1. The first kappa shape index (κ1) is 11.5. The summed E-state index contributed by atoms with van der Waals surface area (Å²) in [6, 6.07) is 9.15. The molecular weight excluding hydrogens is 238 g/mol. The number of rotatable bonds is 3. The molecule has 0 aliphatic carbocycles. The van der Waals surface area contributed by atoms with Gasteiger partial charge in [-0.1, -0.05) is 23.7 Å². The average molecular weight is 248 g/mol. The molecule has 0 amide bonds. The maximum atomic E-state index is 8.90. The van der Waals surface area contributed by atoms with Crippen molar-refractivity contribution < 1.29 is 4.74 Å². The third-order valence-corrected chi connectivity index (χ3v) is 2.74. The number of hydrogen-bond acceptors (Lipinski definition) is 3. The fraction of sp³-hybridized carbons (Fsp3) is 0.167. The van der Waals surface area contributed by atoms with Gasteiger partial charge < -0.3 is 9.30 Å². The van der Waals surface area contributed by atoms with Crippen LogP contribution in [0, 0.1) is 11.3 Å². The number of benzene rings is 1. The Bertz CT molecular complexity index is 571. The molecule has 0 aliphatic rings. The largest absolute Gasteiger partial charge is 0.484 e. The van der Waals surface area contributed by atoms with E-state index in [1.807, 2.05) is 13.1 Å². The van der Waals surface area contributed by atoms with Gasteiger partial charge in [0.05, 0.1) is 11.8 Å². The highest BCUT2D eigenvalue weighted by atomic mass is 35.5. The van der Waals surface area contributed by atoms with Crippen LogP contribution in [0.25, 0.3) is 0 Å². The van der Waals surface area contributed by atoms with E-state index in [0.29, 0.717) is 22.3 Å². The molecule has 0 unspecified atom stereocenters. The van der Waals surface area contributed by atoms with E-state index in [4.69, 9.17) is 21.6 Å². The van der Waals surface area contributed by atoms with E-state index in [-0.39, 0.29) is 6.61 Å². The van der Waals surface area contributed by atoms with Gasteiger partial charge in [0.15, 0.2) is 0 Å². The lowest BCUT2D eigenvalue weighted by molar-refractivity contribution is 0.291. The van der Waals surface area contributed by atoms with Gasteiger partial charge in [-0.25, -0.2) is 4.98 Å². The first-order chi connectivity index (χ1) is 8.22. The molecule has 17 heavy (non-hydrogen) atoms. The number of imidazole rings is 1. The van der Waals surface area contributed by atoms with E-state index in [2.05, 4.69) is 11.1 Å². The minimum atomic E-state index is 0.280. The number of nitrogens with zero attached hydrogens (tertiary/aromatic N) is 3. The molecule has 0 saturated carbocycles. The van der Waals surface area contributed by atoms with Gasteiger partial charge in [-0.15, -0.1) is 0 Å². The van der Waals surface area contributed by atoms with E-state index in [1.165, 1.54) is 0 Å². The van der Waals surface area contributed by atoms with Gasteiger partial charge in [0.2, 0.25) is 0 Å². The van der Waals surface area contributed by atoms with Crippen molar-refractivity contribution in [3.8, 4) is 11.8 Å². The predicted octanol–water partition coefficient (Wildman–Crippen LogP) is 2.52. The summed E-state index contributed by atoms with van der Waals surface area (Å²) < 4.78 is 7.28. The topological polar surface area (TPSA) is 50.8 Å². The molecule has 0 N–H and O–H groups in total. The molecule has 86 valence electrons. The standard InChI is InChI=1S/C12H10ClN3O/c1-16-11(13)7-15-12(16)8-17-10-5-3-2-4-9(10)6-14/h2-5,7H,8H2,1H3. The Kier molecular flexibility index (Phi) is 3.31. The fourth-order valence-electron chi connectivity index (χ4n) is 1.39. The summed E-state index contributed by atoms with van der Waals surface area (Å²) in [6.07, 6.45) is 1.57. The minimum absolute atomic E-state index is 0.280. The number of halogens is 1. The molecule has 0 spiro atoms. The minimum Gasteiger partial charge on any atom is -0.484 e. The molecule has 2 rings (SSSR count). The molecule has 1 heterocycles. The van der Waals surface area contributed by atoms with Crippen LogP contribution in [0.1, 0.15) is 11.4 Å². The molecule has 5 heteroatoms. The van der Waals surface area contributed by atoms with Gasteiger partial charge in [-0.3, -0.25) is 0 Å². The second kappa shape index (κ2) is 4.89. The first-order valence-corrected chi connectivity index (χ1v) is 5.38. The van der Waals surface area contributed by atoms with E-state index >= 15 is 0 Å². The van der Waals surface area contributed by atoms with Crippen molar-refractivity contribution in [3.05, 3.63) is 47.0 Å². The molecule has 1 aromatic carbocycles. The van der Waals surface area contributed by atoms with Crippen molar-refractivity contribution in [2.24, 2.45) is 7.05 Å². The van der Waals surface area contributed by atoms with Crippen molar-refractivity contribution in [3.63, 3.8) is 0 Å². The van der Waals surface area contributed by atoms with Gasteiger partial charge in [0, 0.05) is 7.05 Å². The summed E-state index contributed by atoms with van der Waals surface area (Å²) in [4.78, 5) is 4.11. The van der Waals surface area contributed by atoms with E-state index in [9.17, 15) is 0 Å². The van der Waals surface area contributed by atoms with Crippen LogP contribution in [0.15, 0.2) is 30.5 Å². The molecule has 0 fully saturated rings. The zero-order valence-corrected chi connectivity index (χ0v) is 9.98. The summed E-state index contributed by atoms with van der Waals surface area (Å²) >= 11 is 5.86. The van der Waals surface area contributed by atoms with Gasteiger partial charge in [-0.05, 0) is 12.1 Å². The Labute approximate surface area is 104 Å². The SMILES string of the molecule is Cn1c(Cl)cnc1COc1ccccc1C#N. The van der Waals surface area contributed by atoms with Crippen LogP contribution in [-0.4, -0.2) is 9.55 Å². The summed E-state index contributed by atoms with van der Waals surface area (Å²) in [5.74, 6) is 1.26. The van der Waals surface area contributed by atoms with Crippen molar-refractivity contribution in [2.75, 3.05) is 0 Å². The number of hydrogen-bond donors (Lipinski definition) is 0. The molecule has 4 nitrogen and oxygen atoms in total. The first-order valence-electron chi connectivity index (χ1n) is 5.00. The third-order valence-electron chi connectivity index (χ3n) is 2.39. The maximum absolute atomic E-state index is 8.90. The summed E-state index contributed by atoms with van der Waals surface area (Å²) in [5.41, 5.74) is 0.507. The predicted molar refractivity (Wildman–Crippen MR) is 63.7 cm³/mol. The molecule has 1 aromatic heterocycles. The Morgan fingerprint density at radius 3 is 2.88 bits per heavy atom. The van der Waals surface area contributed by atoms with Crippen LogP contribution < -0.4 is 4.74 Å². The average Bonchev–Trinajstić information content (AvgIpc) is 2.68. The Balaban J connectivity index is 2.13. The molecule has 0 aliphatic heterocycles. The number of ether oxygens (including phenoxy) is 1. The Morgan fingerprint density at radius 1 is 1.47 bits per heavy atom. The van der Waals surface area contributed by atoms with Crippen LogP contribution in [0.3, 0.4) is 0 Å². The van der Waals surface area contributed by atoms with Gasteiger partial charge in [0.25, 0.3) is 0 Å². The lowest BCUT2D eigenvalue weighted by Crippen LogP contribution is -2.04. The highest BCUT2D eigenvalue weighted by molar-refractivity contribution is 6.29. The van der Waals surface area contributed by atoms with Gasteiger partial charge in [-0.2, -0.15) is 5.26 Å². The van der Waals surface area contributed by atoms with Crippen LogP contribution in [0.5, 0.6) is 5.75 Å². The fourth-order valence-corrected chi connectivity index (χ4v) is 1.53. The molecule has 2 aromatic rings. The quantitative estimate of drug-likeness (QED) is 0.838. The number of aromatic nitrogens is 2.